The molecule has 0 bridgehead atoms. The molecule has 26 heavy (non-hydrogen) atoms. The Labute approximate surface area is 155 Å². The standard InChI is InChI=1S/C21H29N3O2/c25-20(13-17-14-22-19-6-2-1-5-18(17)19)23-15-21(7-11-26-12-8-21)16-24-9-3-4-10-24/h1-2,5-6,14,22H,3-4,7-13,15-16H2,(H,23,25). The van der Waals surface area contributed by atoms with E-state index in [1.807, 2.05) is 24.4 Å². The summed E-state index contributed by atoms with van der Waals surface area (Å²) in [5.41, 5.74) is 2.32. The number of hydrogen-bond donors (Lipinski definition) is 2. The molecule has 2 aliphatic heterocycles. The van der Waals surface area contributed by atoms with E-state index in [1.54, 1.807) is 0 Å². The predicted molar refractivity (Wildman–Crippen MR) is 103 cm³/mol. The second-order valence-electron chi connectivity index (χ2n) is 7.91. The molecule has 2 saturated heterocycles. The molecular weight excluding hydrogens is 326 g/mol. The minimum absolute atomic E-state index is 0.113. The molecule has 1 aromatic carbocycles. The molecule has 140 valence electrons. The monoisotopic (exact) mass is 355 g/mol. The van der Waals surface area contributed by atoms with Crippen LogP contribution in [0.3, 0.4) is 0 Å². The summed E-state index contributed by atoms with van der Waals surface area (Å²) < 4.78 is 5.59. The van der Waals surface area contributed by atoms with Crippen molar-refractivity contribution in [3.63, 3.8) is 0 Å². The van der Waals surface area contributed by atoms with E-state index in [-0.39, 0.29) is 11.3 Å². The SMILES string of the molecule is O=C(Cc1c[nH]c2ccccc12)NCC1(CN2CCCC2)CCOCC1. The Morgan fingerprint density at radius 1 is 1.19 bits per heavy atom. The number of fused-ring (bicyclic) bond motifs is 1. The van der Waals surface area contributed by atoms with E-state index in [4.69, 9.17) is 4.74 Å². The Morgan fingerprint density at radius 3 is 2.77 bits per heavy atom. The summed E-state index contributed by atoms with van der Waals surface area (Å²) in [6, 6.07) is 8.15. The number of carbonyl (C=O) groups is 1. The van der Waals surface area contributed by atoms with Gasteiger partial charge in [-0.05, 0) is 50.4 Å². The number of nitrogens with one attached hydrogen (secondary N) is 2. The molecule has 0 spiro atoms. The van der Waals surface area contributed by atoms with Crippen LogP contribution in [0.4, 0.5) is 0 Å². The fraction of sp³-hybridized carbons (Fsp3) is 0.571. The number of carbonyl (C=O) groups excluding carboxylic acids is 1. The number of aromatic amines is 1. The van der Waals surface area contributed by atoms with Gasteiger partial charge in [-0.25, -0.2) is 0 Å². The lowest BCUT2D eigenvalue weighted by Gasteiger charge is -2.40. The molecule has 0 aliphatic carbocycles. The van der Waals surface area contributed by atoms with Crippen LogP contribution < -0.4 is 5.32 Å². The Morgan fingerprint density at radius 2 is 1.96 bits per heavy atom. The minimum atomic E-state index is 0.113. The number of rotatable bonds is 6. The third-order valence-corrected chi connectivity index (χ3v) is 6.00. The lowest BCUT2D eigenvalue weighted by molar-refractivity contribution is -0.121. The van der Waals surface area contributed by atoms with Crippen molar-refractivity contribution in [3.05, 3.63) is 36.0 Å². The van der Waals surface area contributed by atoms with E-state index in [0.29, 0.717) is 6.42 Å². The van der Waals surface area contributed by atoms with Crippen molar-refractivity contribution in [2.45, 2.75) is 32.1 Å². The topological polar surface area (TPSA) is 57.4 Å². The van der Waals surface area contributed by atoms with Gasteiger partial charge >= 0.3 is 0 Å². The van der Waals surface area contributed by atoms with Gasteiger partial charge in [-0.1, -0.05) is 18.2 Å². The van der Waals surface area contributed by atoms with Crippen molar-refractivity contribution < 1.29 is 9.53 Å². The maximum atomic E-state index is 12.6. The molecule has 2 N–H and O–H groups in total. The highest BCUT2D eigenvalue weighted by Crippen LogP contribution is 2.32. The number of amides is 1. The fourth-order valence-electron chi connectivity index (χ4n) is 4.41. The molecule has 1 aromatic heterocycles. The van der Waals surface area contributed by atoms with Gasteiger partial charge in [0.2, 0.25) is 5.91 Å². The summed E-state index contributed by atoms with van der Waals surface area (Å²) in [5.74, 6) is 0.113. The van der Waals surface area contributed by atoms with Gasteiger partial charge < -0.3 is 19.9 Å². The number of benzene rings is 1. The van der Waals surface area contributed by atoms with Gasteiger partial charge in [0.1, 0.15) is 0 Å². The highest BCUT2D eigenvalue weighted by Gasteiger charge is 2.35. The Kier molecular flexibility index (Phi) is 5.27. The Hall–Kier alpha value is -1.85. The predicted octanol–water partition coefficient (Wildman–Crippen LogP) is 2.72. The highest BCUT2D eigenvalue weighted by atomic mass is 16.5. The van der Waals surface area contributed by atoms with Gasteiger partial charge in [0, 0.05) is 48.8 Å². The molecule has 0 radical (unpaired) electrons. The van der Waals surface area contributed by atoms with Crippen molar-refractivity contribution in [2.24, 2.45) is 5.41 Å². The summed E-state index contributed by atoms with van der Waals surface area (Å²) in [5, 5.41) is 4.37. The van der Waals surface area contributed by atoms with Gasteiger partial charge in [-0.3, -0.25) is 4.79 Å². The maximum absolute atomic E-state index is 12.6. The lowest BCUT2D eigenvalue weighted by Crippen LogP contribution is -2.48. The minimum Gasteiger partial charge on any atom is -0.381 e. The zero-order valence-electron chi connectivity index (χ0n) is 15.4. The number of hydrogen-bond acceptors (Lipinski definition) is 3. The van der Waals surface area contributed by atoms with E-state index in [9.17, 15) is 4.79 Å². The molecule has 5 heteroatoms. The fourth-order valence-corrected chi connectivity index (χ4v) is 4.41. The Balaban J connectivity index is 1.37. The molecule has 0 atom stereocenters. The van der Waals surface area contributed by atoms with Gasteiger partial charge in [0.05, 0.1) is 6.42 Å². The zero-order chi connectivity index (χ0) is 17.8. The molecule has 2 aliphatic rings. The van der Waals surface area contributed by atoms with Gasteiger partial charge in [0.25, 0.3) is 0 Å². The zero-order valence-corrected chi connectivity index (χ0v) is 15.4. The summed E-state index contributed by atoms with van der Waals surface area (Å²) >= 11 is 0. The van der Waals surface area contributed by atoms with Crippen molar-refractivity contribution in [2.75, 3.05) is 39.4 Å². The molecule has 4 rings (SSSR count). The third-order valence-electron chi connectivity index (χ3n) is 6.00. The van der Waals surface area contributed by atoms with Crippen LogP contribution in [0.1, 0.15) is 31.2 Å². The molecule has 0 saturated carbocycles. The number of ether oxygens (including phenoxy) is 1. The number of aromatic nitrogens is 1. The highest BCUT2D eigenvalue weighted by molar-refractivity contribution is 5.88. The van der Waals surface area contributed by atoms with Crippen LogP contribution in [0.2, 0.25) is 0 Å². The van der Waals surface area contributed by atoms with Gasteiger partial charge in [0.15, 0.2) is 0 Å². The van der Waals surface area contributed by atoms with E-state index in [2.05, 4.69) is 21.3 Å². The Bertz CT molecular complexity index is 743. The number of likely N-dealkylation sites (tertiary alicyclic amines) is 1. The second kappa shape index (κ2) is 7.80. The van der Waals surface area contributed by atoms with Crippen molar-refractivity contribution in [1.29, 1.82) is 0 Å². The van der Waals surface area contributed by atoms with Crippen molar-refractivity contribution in [3.8, 4) is 0 Å². The van der Waals surface area contributed by atoms with Crippen LogP contribution in [-0.2, 0) is 16.0 Å². The average molecular weight is 355 g/mol. The summed E-state index contributed by atoms with van der Waals surface area (Å²) in [6.07, 6.45) is 7.08. The van der Waals surface area contributed by atoms with Crippen molar-refractivity contribution in [1.82, 2.24) is 15.2 Å². The van der Waals surface area contributed by atoms with E-state index >= 15 is 0 Å². The first-order valence-corrected chi connectivity index (χ1v) is 9.86. The largest absolute Gasteiger partial charge is 0.381 e. The first kappa shape index (κ1) is 17.6. The smallest absolute Gasteiger partial charge is 0.224 e. The van der Waals surface area contributed by atoms with Crippen LogP contribution in [0.5, 0.6) is 0 Å². The summed E-state index contributed by atoms with van der Waals surface area (Å²) in [7, 11) is 0. The van der Waals surface area contributed by atoms with Crippen LogP contribution in [0.15, 0.2) is 30.5 Å². The van der Waals surface area contributed by atoms with Gasteiger partial charge in [-0.15, -0.1) is 0 Å². The maximum Gasteiger partial charge on any atom is 0.224 e. The number of H-pyrrole nitrogens is 1. The van der Waals surface area contributed by atoms with E-state index in [1.165, 1.54) is 25.9 Å². The summed E-state index contributed by atoms with van der Waals surface area (Å²) in [6.45, 7) is 5.87. The third kappa shape index (κ3) is 3.94. The molecular formula is C21H29N3O2. The van der Waals surface area contributed by atoms with E-state index in [0.717, 1.165) is 55.6 Å². The van der Waals surface area contributed by atoms with Crippen LogP contribution >= 0.6 is 0 Å². The number of nitrogens with zero attached hydrogens (tertiary/aromatic N) is 1. The normalized spacial score (nSPS) is 20.5. The first-order valence-electron chi connectivity index (χ1n) is 9.86. The quantitative estimate of drug-likeness (QED) is 0.838. The summed E-state index contributed by atoms with van der Waals surface area (Å²) in [4.78, 5) is 18.4. The van der Waals surface area contributed by atoms with Gasteiger partial charge in [-0.2, -0.15) is 0 Å². The molecule has 2 fully saturated rings. The van der Waals surface area contributed by atoms with Crippen LogP contribution in [-0.4, -0.2) is 55.2 Å². The van der Waals surface area contributed by atoms with E-state index < -0.39 is 0 Å². The van der Waals surface area contributed by atoms with Crippen LogP contribution in [0, 0.1) is 5.41 Å². The molecule has 0 unspecified atom stereocenters. The molecule has 1 amide bonds. The van der Waals surface area contributed by atoms with Crippen LogP contribution in [0.25, 0.3) is 10.9 Å². The second-order valence-corrected chi connectivity index (χ2v) is 7.91. The molecule has 3 heterocycles. The lowest BCUT2D eigenvalue weighted by atomic mass is 9.79. The molecule has 2 aromatic rings. The van der Waals surface area contributed by atoms with Crippen molar-refractivity contribution >= 4 is 16.8 Å². The molecule has 5 nitrogen and oxygen atoms in total. The average Bonchev–Trinajstić information content (AvgIpc) is 3.31. The first-order chi connectivity index (χ1) is 12.7. The number of para-hydroxylation sites is 1.